The third kappa shape index (κ3) is 3.02. The summed E-state index contributed by atoms with van der Waals surface area (Å²) in [6, 6.07) is 15.5. The van der Waals surface area contributed by atoms with Gasteiger partial charge in [0.1, 0.15) is 6.04 Å². The van der Waals surface area contributed by atoms with Crippen molar-refractivity contribution in [2.45, 2.75) is 13.0 Å². The van der Waals surface area contributed by atoms with Gasteiger partial charge in [0.25, 0.3) is 11.7 Å². The van der Waals surface area contributed by atoms with Gasteiger partial charge in [0.15, 0.2) is 5.13 Å². The van der Waals surface area contributed by atoms with Gasteiger partial charge in [-0.1, -0.05) is 42.5 Å². The third-order valence-corrected chi connectivity index (χ3v) is 5.15. The molecule has 2 aromatic carbocycles. The van der Waals surface area contributed by atoms with E-state index in [2.05, 4.69) is 10.3 Å². The van der Waals surface area contributed by atoms with Crippen LogP contribution in [0.4, 0.5) is 10.8 Å². The molecule has 0 fully saturated rings. The number of anilines is 2. The molecule has 1 aliphatic rings. The third-order valence-electron chi connectivity index (χ3n) is 4.39. The van der Waals surface area contributed by atoms with Crippen LogP contribution in [-0.4, -0.2) is 28.6 Å². The van der Waals surface area contributed by atoms with Crippen LogP contribution in [0.5, 0.6) is 0 Å². The summed E-state index contributed by atoms with van der Waals surface area (Å²) in [6.07, 6.45) is 0. The van der Waals surface area contributed by atoms with E-state index in [1.807, 2.05) is 35.7 Å². The minimum Gasteiger partial charge on any atom is -0.300 e. The molecular weight excluding hydrogens is 362 g/mol. The monoisotopic (exact) mass is 377 g/mol. The number of ketones is 1. The predicted octanol–water partition coefficient (Wildman–Crippen LogP) is 3.37. The number of para-hydroxylation sites is 1. The standard InChI is InChI=1S/C20H15N3O3S/c1-12(23-16-10-6-5-9-14(16)17(24)19(23)26)18(25)22-20-21-15(11-27-20)13-7-3-2-4-8-13/h2-12H,1H3,(H,21,22,25). The van der Waals surface area contributed by atoms with Gasteiger partial charge < -0.3 is 5.32 Å². The topological polar surface area (TPSA) is 79.4 Å². The van der Waals surface area contributed by atoms with Gasteiger partial charge >= 0.3 is 0 Å². The van der Waals surface area contributed by atoms with Gasteiger partial charge in [0, 0.05) is 10.9 Å². The fourth-order valence-electron chi connectivity index (χ4n) is 2.99. The van der Waals surface area contributed by atoms with E-state index in [0.29, 0.717) is 16.4 Å². The number of thiazole rings is 1. The van der Waals surface area contributed by atoms with Crippen LogP contribution in [0, 0.1) is 0 Å². The lowest BCUT2D eigenvalue weighted by Crippen LogP contribution is -2.45. The molecule has 7 heteroatoms. The molecule has 1 atom stereocenters. The first-order chi connectivity index (χ1) is 13.1. The van der Waals surface area contributed by atoms with E-state index in [-0.39, 0.29) is 0 Å². The normalized spacial score (nSPS) is 14.2. The summed E-state index contributed by atoms with van der Waals surface area (Å²) in [7, 11) is 0. The highest BCUT2D eigenvalue weighted by atomic mass is 32.1. The van der Waals surface area contributed by atoms with Crippen molar-refractivity contribution in [1.29, 1.82) is 0 Å². The minimum atomic E-state index is -0.839. The molecule has 2 amide bonds. The Morgan fingerprint density at radius 2 is 1.78 bits per heavy atom. The molecular formula is C20H15N3O3S. The fourth-order valence-corrected chi connectivity index (χ4v) is 3.72. The molecule has 1 aromatic heterocycles. The Hall–Kier alpha value is -3.32. The summed E-state index contributed by atoms with van der Waals surface area (Å²) >= 11 is 1.31. The number of amides is 2. The highest BCUT2D eigenvalue weighted by Crippen LogP contribution is 2.31. The van der Waals surface area contributed by atoms with E-state index < -0.39 is 23.6 Å². The summed E-state index contributed by atoms with van der Waals surface area (Å²) in [6.45, 7) is 1.59. The first kappa shape index (κ1) is 17.1. The number of benzene rings is 2. The zero-order chi connectivity index (χ0) is 19.0. The van der Waals surface area contributed by atoms with Crippen molar-refractivity contribution in [2.75, 3.05) is 10.2 Å². The number of Topliss-reactive ketones (excluding diaryl/α,β-unsaturated/α-hetero) is 1. The fraction of sp³-hybridized carbons (Fsp3) is 0.100. The molecule has 1 aliphatic heterocycles. The highest BCUT2D eigenvalue weighted by Gasteiger charge is 2.40. The predicted molar refractivity (Wildman–Crippen MR) is 104 cm³/mol. The van der Waals surface area contributed by atoms with Crippen LogP contribution in [-0.2, 0) is 9.59 Å². The Bertz CT molecular complexity index is 1050. The van der Waals surface area contributed by atoms with Gasteiger partial charge in [0.2, 0.25) is 5.91 Å². The van der Waals surface area contributed by atoms with E-state index in [1.54, 1.807) is 31.2 Å². The van der Waals surface area contributed by atoms with Gasteiger partial charge in [-0.05, 0) is 19.1 Å². The summed E-state index contributed by atoms with van der Waals surface area (Å²) in [5, 5.41) is 5.04. The highest BCUT2D eigenvalue weighted by molar-refractivity contribution is 7.14. The lowest BCUT2D eigenvalue weighted by atomic mass is 10.1. The van der Waals surface area contributed by atoms with Crippen LogP contribution in [0.15, 0.2) is 60.0 Å². The lowest BCUT2D eigenvalue weighted by molar-refractivity contribution is -0.120. The van der Waals surface area contributed by atoms with Crippen LogP contribution >= 0.6 is 11.3 Å². The molecule has 0 radical (unpaired) electrons. The van der Waals surface area contributed by atoms with Crippen LogP contribution in [0.2, 0.25) is 0 Å². The molecule has 4 rings (SSSR count). The average molecular weight is 377 g/mol. The number of nitrogens with one attached hydrogen (secondary N) is 1. The van der Waals surface area contributed by atoms with Crippen LogP contribution in [0.3, 0.4) is 0 Å². The first-order valence-corrected chi connectivity index (χ1v) is 9.23. The molecule has 0 bridgehead atoms. The molecule has 134 valence electrons. The van der Waals surface area contributed by atoms with E-state index in [4.69, 9.17) is 0 Å². The Balaban J connectivity index is 1.53. The number of nitrogens with zero attached hydrogens (tertiary/aromatic N) is 2. The average Bonchev–Trinajstić information content (AvgIpc) is 3.26. The molecule has 0 aliphatic carbocycles. The minimum absolute atomic E-state index is 0.322. The molecule has 1 unspecified atom stereocenters. The van der Waals surface area contributed by atoms with Crippen molar-refractivity contribution >= 4 is 39.8 Å². The van der Waals surface area contributed by atoms with E-state index in [9.17, 15) is 14.4 Å². The molecule has 27 heavy (non-hydrogen) atoms. The summed E-state index contributed by atoms with van der Waals surface area (Å²) in [5.41, 5.74) is 2.50. The maximum Gasteiger partial charge on any atom is 0.300 e. The van der Waals surface area contributed by atoms with Crippen LogP contribution < -0.4 is 10.2 Å². The second-order valence-electron chi connectivity index (χ2n) is 6.09. The quantitative estimate of drug-likeness (QED) is 0.707. The van der Waals surface area contributed by atoms with Crippen molar-refractivity contribution in [2.24, 2.45) is 0 Å². The number of rotatable bonds is 4. The van der Waals surface area contributed by atoms with Crippen molar-refractivity contribution < 1.29 is 14.4 Å². The van der Waals surface area contributed by atoms with Crippen molar-refractivity contribution in [3.8, 4) is 11.3 Å². The molecule has 0 saturated carbocycles. The molecule has 3 aromatic rings. The number of carbonyl (C=O) groups excluding carboxylic acids is 3. The largest absolute Gasteiger partial charge is 0.300 e. The molecule has 0 saturated heterocycles. The Morgan fingerprint density at radius 3 is 2.56 bits per heavy atom. The zero-order valence-corrected chi connectivity index (χ0v) is 15.2. The van der Waals surface area contributed by atoms with Gasteiger partial charge in [-0.25, -0.2) is 4.98 Å². The zero-order valence-electron chi connectivity index (χ0n) is 14.4. The number of hydrogen-bond donors (Lipinski definition) is 1. The number of carbonyl (C=O) groups is 3. The summed E-state index contributed by atoms with van der Waals surface area (Å²) < 4.78 is 0. The Morgan fingerprint density at radius 1 is 1.07 bits per heavy atom. The molecule has 2 heterocycles. The van der Waals surface area contributed by atoms with Gasteiger partial charge in [-0.2, -0.15) is 0 Å². The Labute approximate surface area is 159 Å². The molecule has 6 nitrogen and oxygen atoms in total. The van der Waals surface area contributed by atoms with Gasteiger partial charge in [0.05, 0.1) is 16.9 Å². The van der Waals surface area contributed by atoms with Crippen LogP contribution in [0.25, 0.3) is 11.3 Å². The van der Waals surface area contributed by atoms with E-state index in [1.165, 1.54) is 16.2 Å². The maximum atomic E-state index is 12.7. The number of hydrogen-bond acceptors (Lipinski definition) is 5. The summed E-state index contributed by atoms with van der Waals surface area (Å²) in [5.74, 6) is -1.68. The smallest absolute Gasteiger partial charge is 0.300 e. The summed E-state index contributed by atoms with van der Waals surface area (Å²) in [4.78, 5) is 42.8. The molecule has 1 N–H and O–H groups in total. The molecule has 0 spiro atoms. The van der Waals surface area contributed by atoms with Crippen molar-refractivity contribution in [3.63, 3.8) is 0 Å². The second-order valence-corrected chi connectivity index (χ2v) is 6.95. The van der Waals surface area contributed by atoms with Crippen molar-refractivity contribution in [3.05, 3.63) is 65.5 Å². The number of fused-ring (bicyclic) bond motifs is 1. The SMILES string of the molecule is CC(C(=O)Nc1nc(-c2ccccc2)cs1)N1C(=O)C(=O)c2ccccc21. The Kier molecular flexibility index (Phi) is 4.29. The maximum absolute atomic E-state index is 12.7. The lowest BCUT2D eigenvalue weighted by Gasteiger charge is -2.23. The van der Waals surface area contributed by atoms with E-state index in [0.717, 1.165) is 11.3 Å². The van der Waals surface area contributed by atoms with Gasteiger partial charge in [-0.15, -0.1) is 11.3 Å². The van der Waals surface area contributed by atoms with E-state index >= 15 is 0 Å². The van der Waals surface area contributed by atoms with Gasteiger partial charge in [-0.3, -0.25) is 19.3 Å². The second kappa shape index (κ2) is 6.77. The van der Waals surface area contributed by atoms with Crippen molar-refractivity contribution in [1.82, 2.24) is 4.98 Å². The van der Waals surface area contributed by atoms with Crippen LogP contribution in [0.1, 0.15) is 17.3 Å². The number of aromatic nitrogens is 1. The first-order valence-electron chi connectivity index (χ1n) is 8.35.